The highest BCUT2D eigenvalue weighted by molar-refractivity contribution is 5.60. The summed E-state index contributed by atoms with van der Waals surface area (Å²) in [6.45, 7) is 5.25. The molecule has 2 unspecified atom stereocenters. The van der Waals surface area contributed by atoms with E-state index in [-0.39, 0.29) is 0 Å². The minimum Gasteiger partial charge on any atom is -0.389 e. The number of hydrogen-bond donors (Lipinski definition) is 2. The molecule has 1 heterocycles. The van der Waals surface area contributed by atoms with E-state index in [1.807, 2.05) is 13.0 Å². The minimum atomic E-state index is -0.440. The van der Waals surface area contributed by atoms with Crippen LogP contribution in [-0.4, -0.2) is 44.1 Å². The molecule has 0 spiro atoms. The third-order valence-electron chi connectivity index (χ3n) is 3.62. The number of hydrogen-bond acceptors (Lipinski definition) is 4. The zero-order chi connectivity index (χ0) is 13.7. The Morgan fingerprint density at radius 3 is 3.00 bits per heavy atom. The van der Waals surface area contributed by atoms with Gasteiger partial charge in [-0.25, -0.2) is 0 Å². The fraction of sp³-hybridized carbons (Fsp3) is 0.600. The van der Waals surface area contributed by atoms with Gasteiger partial charge in [0.2, 0.25) is 0 Å². The maximum Gasteiger partial charge on any atom is 0.0947 e. The lowest BCUT2D eigenvalue weighted by Gasteiger charge is -2.23. The van der Waals surface area contributed by atoms with Gasteiger partial charge in [0.1, 0.15) is 0 Å². The molecule has 0 aromatic heterocycles. The molecule has 0 bridgehead atoms. The molecule has 106 valence electrons. The third-order valence-corrected chi connectivity index (χ3v) is 3.62. The average Bonchev–Trinajstić information content (AvgIpc) is 2.76. The van der Waals surface area contributed by atoms with Crippen LogP contribution in [0.1, 0.15) is 24.8 Å². The number of nitrogens with zero attached hydrogens (tertiary/aromatic N) is 1. The van der Waals surface area contributed by atoms with Crippen molar-refractivity contribution in [2.75, 3.05) is 37.7 Å². The summed E-state index contributed by atoms with van der Waals surface area (Å²) in [5.41, 5.74) is 8.28. The first-order chi connectivity index (χ1) is 9.26. The maximum atomic E-state index is 9.99. The monoisotopic (exact) mass is 264 g/mol. The van der Waals surface area contributed by atoms with E-state index in [2.05, 4.69) is 23.1 Å². The summed E-state index contributed by atoms with van der Waals surface area (Å²) in [4.78, 5) is 2.25. The van der Waals surface area contributed by atoms with E-state index >= 15 is 0 Å². The van der Waals surface area contributed by atoms with Crippen molar-refractivity contribution >= 4 is 5.69 Å². The topological polar surface area (TPSA) is 58.7 Å². The lowest BCUT2D eigenvalue weighted by atomic mass is 9.98. The van der Waals surface area contributed by atoms with Gasteiger partial charge in [-0.1, -0.05) is 18.2 Å². The average molecular weight is 264 g/mol. The van der Waals surface area contributed by atoms with Gasteiger partial charge in [-0.15, -0.1) is 0 Å². The maximum absolute atomic E-state index is 9.99. The molecule has 0 saturated carbocycles. The van der Waals surface area contributed by atoms with Crippen LogP contribution in [0.3, 0.4) is 0 Å². The Kier molecular flexibility index (Phi) is 5.19. The van der Waals surface area contributed by atoms with Crippen LogP contribution < -0.4 is 10.6 Å². The number of ether oxygens (including phenoxy) is 1. The van der Waals surface area contributed by atoms with Gasteiger partial charge < -0.3 is 20.5 Å². The number of β-amino-alcohol motifs (C(OH)–C–C–N with tert-alkyl or cyclic N) is 1. The van der Waals surface area contributed by atoms with E-state index in [1.165, 1.54) is 11.3 Å². The van der Waals surface area contributed by atoms with E-state index in [9.17, 15) is 5.11 Å². The standard InChI is InChI=1S/C15H24N2O2/c1-2-19-11-13(18)10-17-9-12(7-8-16)14-5-3-4-6-15(14)17/h3-6,12-13,18H,2,7-11,16H2,1H3. The molecule has 2 rings (SSSR count). The Morgan fingerprint density at radius 2 is 2.26 bits per heavy atom. The number of aliphatic hydroxyl groups is 1. The Morgan fingerprint density at radius 1 is 1.47 bits per heavy atom. The lowest BCUT2D eigenvalue weighted by molar-refractivity contribution is 0.0464. The summed E-state index contributed by atoms with van der Waals surface area (Å²) in [6, 6.07) is 8.41. The molecule has 0 aliphatic carbocycles. The molecule has 3 N–H and O–H groups in total. The number of para-hydroxylation sites is 1. The van der Waals surface area contributed by atoms with Gasteiger partial charge in [0.05, 0.1) is 12.7 Å². The zero-order valence-electron chi connectivity index (χ0n) is 11.6. The lowest BCUT2D eigenvalue weighted by Crippen LogP contribution is -2.34. The predicted octanol–water partition coefficient (Wildman–Crippen LogP) is 1.34. The Labute approximate surface area is 115 Å². The molecule has 1 aromatic carbocycles. The normalized spacial score (nSPS) is 19.5. The molecule has 0 radical (unpaired) electrons. The second kappa shape index (κ2) is 6.89. The molecule has 0 amide bonds. The first-order valence-corrected chi connectivity index (χ1v) is 7.06. The summed E-state index contributed by atoms with van der Waals surface area (Å²) in [6.07, 6.45) is 0.555. The van der Waals surface area contributed by atoms with Gasteiger partial charge in [-0.2, -0.15) is 0 Å². The number of anilines is 1. The molecule has 1 aliphatic rings. The first kappa shape index (κ1) is 14.3. The predicted molar refractivity (Wildman–Crippen MR) is 77.6 cm³/mol. The molecule has 4 nitrogen and oxygen atoms in total. The van der Waals surface area contributed by atoms with Gasteiger partial charge in [-0.3, -0.25) is 0 Å². The summed E-state index contributed by atoms with van der Waals surface area (Å²) < 4.78 is 5.27. The van der Waals surface area contributed by atoms with Crippen molar-refractivity contribution in [1.82, 2.24) is 0 Å². The molecular weight excluding hydrogens is 240 g/mol. The molecule has 2 atom stereocenters. The van der Waals surface area contributed by atoms with Crippen molar-refractivity contribution in [3.05, 3.63) is 29.8 Å². The zero-order valence-corrected chi connectivity index (χ0v) is 11.6. The van der Waals surface area contributed by atoms with Crippen molar-refractivity contribution in [1.29, 1.82) is 0 Å². The highest BCUT2D eigenvalue weighted by Gasteiger charge is 2.28. The van der Waals surface area contributed by atoms with E-state index in [0.29, 0.717) is 32.2 Å². The van der Waals surface area contributed by atoms with E-state index in [1.54, 1.807) is 0 Å². The molecular formula is C15H24N2O2. The molecule has 0 fully saturated rings. The number of nitrogens with two attached hydrogens (primary N) is 1. The number of aliphatic hydroxyl groups excluding tert-OH is 1. The number of fused-ring (bicyclic) bond motifs is 1. The summed E-state index contributed by atoms with van der Waals surface area (Å²) >= 11 is 0. The summed E-state index contributed by atoms with van der Waals surface area (Å²) in [7, 11) is 0. The van der Waals surface area contributed by atoms with Crippen LogP contribution in [-0.2, 0) is 4.74 Å². The van der Waals surface area contributed by atoms with Crippen LogP contribution in [0.25, 0.3) is 0 Å². The molecule has 1 aromatic rings. The number of rotatable bonds is 7. The van der Waals surface area contributed by atoms with Gasteiger partial charge >= 0.3 is 0 Å². The second-order valence-corrected chi connectivity index (χ2v) is 5.05. The summed E-state index contributed by atoms with van der Waals surface area (Å²) in [5.74, 6) is 0.487. The highest BCUT2D eigenvalue weighted by Crippen LogP contribution is 2.37. The van der Waals surface area contributed by atoms with Gasteiger partial charge in [0.25, 0.3) is 0 Å². The van der Waals surface area contributed by atoms with Crippen LogP contribution >= 0.6 is 0 Å². The largest absolute Gasteiger partial charge is 0.389 e. The van der Waals surface area contributed by atoms with Gasteiger partial charge in [-0.05, 0) is 31.5 Å². The van der Waals surface area contributed by atoms with Crippen molar-refractivity contribution in [3.63, 3.8) is 0 Å². The smallest absolute Gasteiger partial charge is 0.0947 e. The first-order valence-electron chi connectivity index (χ1n) is 7.06. The molecule has 1 aliphatic heterocycles. The van der Waals surface area contributed by atoms with Crippen molar-refractivity contribution < 1.29 is 9.84 Å². The van der Waals surface area contributed by atoms with Gasteiger partial charge in [0, 0.05) is 31.3 Å². The third kappa shape index (κ3) is 3.47. The Hall–Kier alpha value is -1.10. The molecule has 19 heavy (non-hydrogen) atoms. The molecule has 0 saturated heterocycles. The highest BCUT2D eigenvalue weighted by atomic mass is 16.5. The quantitative estimate of drug-likeness (QED) is 0.780. The van der Waals surface area contributed by atoms with Crippen LogP contribution in [0.4, 0.5) is 5.69 Å². The van der Waals surface area contributed by atoms with E-state index < -0.39 is 6.10 Å². The number of benzene rings is 1. The van der Waals surface area contributed by atoms with Crippen molar-refractivity contribution in [2.24, 2.45) is 5.73 Å². The molecule has 4 heteroatoms. The van der Waals surface area contributed by atoms with Crippen molar-refractivity contribution in [3.8, 4) is 0 Å². The second-order valence-electron chi connectivity index (χ2n) is 5.05. The Balaban J connectivity index is 2.03. The Bertz CT molecular complexity index is 397. The van der Waals surface area contributed by atoms with Crippen LogP contribution in [0.2, 0.25) is 0 Å². The van der Waals surface area contributed by atoms with Gasteiger partial charge in [0.15, 0.2) is 0 Å². The van der Waals surface area contributed by atoms with Crippen molar-refractivity contribution in [2.45, 2.75) is 25.4 Å². The fourth-order valence-corrected chi connectivity index (χ4v) is 2.77. The van der Waals surface area contributed by atoms with E-state index in [4.69, 9.17) is 10.5 Å². The van der Waals surface area contributed by atoms with Crippen LogP contribution in [0.15, 0.2) is 24.3 Å². The van der Waals surface area contributed by atoms with Crippen LogP contribution in [0.5, 0.6) is 0 Å². The van der Waals surface area contributed by atoms with E-state index in [0.717, 1.165) is 13.0 Å². The minimum absolute atomic E-state index is 0.400. The summed E-state index contributed by atoms with van der Waals surface area (Å²) in [5, 5.41) is 9.99. The van der Waals surface area contributed by atoms with Crippen LogP contribution in [0, 0.1) is 0 Å². The SMILES string of the molecule is CCOCC(O)CN1CC(CCN)c2ccccc21. The fourth-order valence-electron chi connectivity index (χ4n) is 2.77.